The average molecular weight is 246 g/mol. The number of nitrogens with one attached hydrogen (secondary N) is 1. The molecule has 18 heavy (non-hydrogen) atoms. The summed E-state index contributed by atoms with van der Waals surface area (Å²) < 4.78 is 0. The van der Waals surface area contributed by atoms with Gasteiger partial charge in [-0.15, -0.1) is 0 Å². The van der Waals surface area contributed by atoms with Gasteiger partial charge in [0.15, 0.2) is 5.69 Å². The lowest BCUT2D eigenvalue weighted by Gasteiger charge is -2.25. The van der Waals surface area contributed by atoms with Gasteiger partial charge in [-0.2, -0.15) is 5.26 Å². The van der Waals surface area contributed by atoms with E-state index in [2.05, 4.69) is 10.3 Å². The summed E-state index contributed by atoms with van der Waals surface area (Å²) in [5.74, 6) is 1.25. The van der Waals surface area contributed by atoms with Crippen molar-refractivity contribution in [1.82, 2.24) is 4.98 Å². The topological polar surface area (TPSA) is 95.0 Å². The number of nitrogens with zero attached hydrogens (tertiary/aromatic N) is 2. The van der Waals surface area contributed by atoms with E-state index in [1.165, 1.54) is 0 Å². The number of aromatic nitrogens is 1. The highest BCUT2D eigenvalue weighted by atomic mass is 16.3. The van der Waals surface area contributed by atoms with Gasteiger partial charge in [0.25, 0.3) is 0 Å². The van der Waals surface area contributed by atoms with Gasteiger partial charge in [0, 0.05) is 6.54 Å². The monoisotopic (exact) mass is 246 g/mol. The average Bonchev–Trinajstić information content (AvgIpc) is 2.39. The predicted octanol–water partition coefficient (Wildman–Crippen LogP) is 1.50. The molecule has 0 atom stereocenters. The van der Waals surface area contributed by atoms with Crippen LogP contribution in [0.3, 0.4) is 0 Å². The van der Waals surface area contributed by atoms with Crippen LogP contribution >= 0.6 is 0 Å². The van der Waals surface area contributed by atoms with E-state index in [0.717, 1.165) is 32.2 Å². The Hall–Kier alpha value is -1.80. The molecule has 1 aromatic rings. The first-order valence-corrected chi connectivity index (χ1v) is 6.27. The number of hydrogen-bond donors (Lipinski definition) is 3. The van der Waals surface area contributed by atoms with Gasteiger partial charge in [-0.1, -0.05) is 0 Å². The fourth-order valence-corrected chi connectivity index (χ4v) is 2.26. The van der Waals surface area contributed by atoms with Gasteiger partial charge in [-0.05, 0) is 43.7 Å². The minimum atomic E-state index is -0.124. The maximum atomic E-state index is 9.43. The van der Waals surface area contributed by atoms with Gasteiger partial charge in [0.2, 0.25) is 0 Å². The molecule has 0 amide bonds. The molecule has 0 radical (unpaired) electrons. The van der Waals surface area contributed by atoms with Gasteiger partial charge in [0.1, 0.15) is 11.9 Å². The maximum Gasteiger partial charge on any atom is 0.165 e. The molecule has 0 saturated heterocycles. The molecule has 1 aliphatic rings. The summed E-state index contributed by atoms with van der Waals surface area (Å²) >= 11 is 0. The zero-order valence-corrected chi connectivity index (χ0v) is 10.3. The Morgan fingerprint density at radius 3 is 2.78 bits per heavy atom. The van der Waals surface area contributed by atoms with Crippen LogP contribution in [0.1, 0.15) is 31.4 Å². The van der Waals surface area contributed by atoms with Crippen molar-refractivity contribution in [3.63, 3.8) is 0 Å². The molecule has 0 spiro atoms. The Morgan fingerprint density at radius 2 is 2.11 bits per heavy atom. The van der Waals surface area contributed by atoms with Crippen molar-refractivity contribution in [3.8, 4) is 6.07 Å². The number of nitriles is 1. The third kappa shape index (κ3) is 3.11. The molecule has 0 aromatic carbocycles. The smallest absolute Gasteiger partial charge is 0.165 e. The first-order valence-electron chi connectivity index (χ1n) is 6.27. The largest absolute Gasteiger partial charge is 0.396 e. The minimum absolute atomic E-state index is 0.124. The van der Waals surface area contributed by atoms with Crippen LogP contribution in [0.5, 0.6) is 0 Å². The Labute approximate surface area is 107 Å². The summed E-state index contributed by atoms with van der Waals surface area (Å²) in [6.45, 7) is 0.828. The summed E-state index contributed by atoms with van der Waals surface area (Å²) in [6, 6.07) is 5.45. The maximum absolute atomic E-state index is 9.43. The van der Waals surface area contributed by atoms with Crippen LogP contribution in [-0.4, -0.2) is 22.7 Å². The fourth-order valence-electron chi connectivity index (χ4n) is 2.26. The van der Waals surface area contributed by atoms with E-state index in [0.29, 0.717) is 17.4 Å². The zero-order chi connectivity index (χ0) is 13.0. The highest BCUT2D eigenvalue weighted by Crippen LogP contribution is 2.24. The summed E-state index contributed by atoms with van der Waals surface area (Å²) in [5, 5.41) is 21.5. The van der Waals surface area contributed by atoms with Crippen LogP contribution < -0.4 is 11.1 Å². The number of nitrogens with two attached hydrogens (primary N) is 1. The molecule has 4 N–H and O–H groups in total. The molecule has 0 bridgehead atoms. The molecule has 5 heteroatoms. The molecule has 2 rings (SSSR count). The van der Waals surface area contributed by atoms with Crippen molar-refractivity contribution in [3.05, 3.63) is 17.8 Å². The van der Waals surface area contributed by atoms with Gasteiger partial charge < -0.3 is 16.2 Å². The highest BCUT2D eigenvalue weighted by molar-refractivity contribution is 5.54. The number of rotatable bonds is 3. The van der Waals surface area contributed by atoms with Crippen molar-refractivity contribution in [2.45, 2.75) is 31.8 Å². The molecular weight excluding hydrogens is 228 g/mol. The lowest BCUT2D eigenvalue weighted by molar-refractivity contribution is 0.111. The predicted molar refractivity (Wildman–Crippen MR) is 69.8 cm³/mol. The third-order valence-electron chi connectivity index (χ3n) is 3.42. The number of pyridine rings is 1. The number of nitrogen functional groups attached to an aromatic ring is 1. The molecule has 1 aliphatic carbocycles. The molecule has 0 unspecified atom stereocenters. The summed E-state index contributed by atoms with van der Waals surface area (Å²) in [5.41, 5.74) is 6.28. The molecule has 1 fully saturated rings. The second-order valence-corrected chi connectivity index (χ2v) is 4.80. The van der Waals surface area contributed by atoms with Gasteiger partial charge in [-0.3, -0.25) is 0 Å². The van der Waals surface area contributed by atoms with Crippen LogP contribution in [0.4, 0.5) is 11.5 Å². The zero-order valence-electron chi connectivity index (χ0n) is 10.3. The molecular formula is C13H18N4O. The molecule has 1 heterocycles. The van der Waals surface area contributed by atoms with Crippen molar-refractivity contribution >= 4 is 11.5 Å². The quantitative estimate of drug-likeness (QED) is 0.751. The number of anilines is 2. The van der Waals surface area contributed by atoms with Crippen molar-refractivity contribution in [1.29, 1.82) is 5.26 Å². The molecule has 1 saturated carbocycles. The van der Waals surface area contributed by atoms with Crippen LogP contribution in [0.15, 0.2) is 12.1 Å². The SMILES string of the molecule is N#Cc1nc(NCC2CCC(O)CC2)ccc1N. The van der Waals surface area contributed by atoms with E-state index >= 15 is 0 Å². The molecule has 5 nitrogen and oxygen atoms in total. The molecule has 1 aromatic heterocycles. The number of aliphatic hydroxyl groups is 1. The van der Waals surface area contributed by atoms with E-state index in [-0.39, 0.29) is 11.8 Å². The van der Waals surface area contributed by atoms with Crippen molar-refractivity contribution < 1.29 is 5.11 Å². The Balaban J connectivity index is 1.89. The van der Waals surface area contributed by atoms with Crippen LogP contribution in [0.2, 0.25) is 0 Å². The van der Waals surface area contributed by atoms with E-state index in [1.807, 2.05) is 6.07 Å². The Morgan fingerprint density at radius 1 is 1.39 bits per heavy atom. The molecule has 0 aliphatic heterocycles. The van der Waals surface area contributed by atoms with Crippen LogP contribution in [0, 0.1) is 17.2 Å². The minimum Gasteiger partial charge on any atom is -0.396 e. The lowest BCUT2D eigenvalue weighted by Crippen LogP contribution is -2.23. The number of aliphatic hydroxyl groups excluding tert-OH is 1. The van der Waals surface area contributed by atoms with Crippen LogP contribution in [-0.2, 0) is 0 Å². The Bertz CT molecular complexity index is 447. The highest BCUT2D eigenvalue weighted by Gasteiger charge is 2.19. The second-order valence-electron chi connectivity index (χ2n) is 4.80. The first-order chi connectivity index (χ1) is 8.69. The van der Waals surface area contributed by atoms with E-state index in [9.17, 15) is 5.11 Å². The Kier molecular flexibility index (Phi) is 4.00. The van der Waals surface area contributed by atoms with E-state index in [1.54, 1.807) is 12.1 Å². The lowest BCUT2D eigenvalue weighted by atomic mass is 9.87. The van der Waals surface area contributed by atoms with Crippen molar-refractivity contribution in [2.75, 3.05) is 17.6 Å². The van der Waals surface area contributed by atoms with Gasteiger partial charge in [-0.25, -0.2) is 4.98 Å². The summed E-state index contributed by atoms with van der Waals surface area (Å²) in [4.78, 5) is 4.14. The van der Waals surface area contributed by atoms with Gasteiger partial charge in [0.05, 0.1) is 11.8 Å². The van der Waals surface area contributed by atoms with E-state index in [4.69, 9.17) is 11.0 Å². The van der Waals surface area contributed by atoms with Gasteiger partial charge >= 0.3 is 0 Å². The second kappa shape index (κ2) is 5.69. The van der Waals surface area contributed by atoms with Crippen molar-refractivity contribution in [2.24, 2.45) is 5.92 Å². The number of hydrogen-bond acceptors (Lipinski definition) is 5. The van der Waals surface area contributed by atoms with Crippen LogP contribution in [0.25, 0.3) is 0 Å². The molecule has 96 valence electrons. The van der Waals surface area contributed by atoms with E-state index < -0.39 is 0 Å². The third-order valence-corrected chi connectivity index (χ3v) is 3.42. The fraction of sp³-hybridized carbons (Fsp3) is 0.538. The standard InChI is InChI=1S/C13H18N4O/c14-7-12-11(15)5-6-13(17-12)16-8-9-1-3-10(18)4-2-9/h5-6,9-10,18H,1-4,8,15H2,(H,16,17). The summed E-state index contributed by atoms with van der Waals surface area (Å²) in [6.07, 6.45) is 3.71. The summed E-state index contributed by atoms with van der Waals surface area (Å²) in [7, 11) is 0. The first kappa shape index (κ1) is 12.7. The normalized spacial score (nSPS) is 23.3.